The number of hydrogen-bond acceptors (Lipinski definition) is 3. The zero-order valence-corrected chi connectivity index (χ0v) is 11.6. The van der Waals surface area contributed by atoms with Crippen molar-refractivity contribution in [2.24, 2.45) is 0 Å². The maximum Gasteiger partial charge on any atom is 0.212 e. The van der Waals surface area contributed by atoms with Crippen LogP contribution in [0.3, 0.4) is 0 Å². The Hall–Kier alpha value is -1.87. The summed E-state index contributed by atoms with van der Waals surface area (Å²) < 4.78 is 5.02. The molecule has 2 aromatic rings. The number of rotatable bonds is 4. The molecule has 1 unspecified atom stereocenters. The van der Waals surface area contributed by atoms with Crippen molar-refractivity contribution in [3.8, 4) is 5.88 Å². The minimum absolute atomic E-state index is 0.505. The first-order valence-corrected chi connectivity index (χ1v) is 6.34. The van der Waals surface area contributed by atoms with Crippen LogP contribution >= 0.6 is 0 Å². The number of aryl methyl sites for hydroxylation is 2. The molecule has 0 spiro atoms. The van der Waals surface area contributed by atoms with Crippen molar-refractivity contribution in [2.45, 2.75) is 26.4 Å². The minimum Gasteiger partial charge on any atom is -0.481 e. The molecule has 1 heterocycles. The number of benzene rings is 1. The van der Waals surface area contributed by atoms with Crippen LogP contribution in [0, 0.1) is 13.8 Å². The highest BCUT2D eigenvalue weighted by Crippen LogP contribution is 2.23. The van der Waals surface area contributed by atoms with Gasteiger partial charge in [-0.1, -0.05) is 29.8 Å². The number of hydrogen-bond donors (Lipinski definition) is 1. The highest BCUT2D eigenvalue weighted by Gasteiger charge is 2.11. The van der Waals surface area contributed by atoms with E-state index < -0.39 is 6.10 Å². The third kappa shape index (κ3) is 3.32. The first kappa shape index (κ1) is 13.6. The van der Waals surface area contributed by atoms with Gasteiger partial charge in [0.1, 0.15) is 0 Å². The molecule has 19 heavy (non-hydrogen) atoms. The Labute approximate surface area is 113 Å². The summed E-state index contributed by atoms with van der Waals surface area (Å²) >= 11 is 0. The van der Waals surface area contributed by atoms with Gasteiger partial charge in [0.2, 0.25) is 5.88 Å². The van der Waals surface area contributed by atoms with E-state index in [2.05, 4.69) is 11.1 Å². The molecule has 0 aliphatic rings. The first-order valence-electron chi connectivity index (χ1n) is 6.34. The highest BCUT2D eigenvalue weighted by atomic mass is 16.5. The van der Waals surface area contributed by atoms with E-state index in [0.29, 0.717) is 12.3 Å². The standard InChI is InChI=1S/C16H19NO2/c1-11-4-5-12(2)14(8-11)15(18)9-13-6-7-16(19-3)17-10-13/h4-8,10,15,18H,9H2,1-3H3. The fraction of sp³-hybridized carbons (Fsp3) is 0.312. The average Bonchev–Trinajstić information content (AvgIpc) is 2.42. The van der Waals surface area contributed by atoms with Gasteiger partial charge in [-0.3, -0.25) is 0 Å². The smallest absolute Gasteiger partial charge is 0.212 e. The normalized spacial score (nSPS) is 12.2. The van der Waals surface area contributed by atoms with E-state index in [1.54, 1.807) is 13.3 Å². The predicted octanol–water partition coefficient (Wildman–Crippen LogP) is 2.98. The maximum atomic E-state index is 10.3. The largest absolute Gasteiger partial charge is 0.481 e. The predicted molar refractivity (Wildman–Crippen MR) is 75.4 cm³/mol. The molecule has 0 saturated carbocycles. The molecule has 1 aromatic carbocycles. The summed E-state index contributed by atoms with van der Waals surface area (Å²) in [5, 5.41) is 10.3. The van der Waals surface area contributed by atoms with E-state index in [4.69, 9.17) is 4.74 Å². The zero-order chi connectivity index (χ0) is 13.8. The molecule has 0 amide bonds. The number of aromatic nitrogens is 1. The summed E-state index contributed by atoms with van der Waals surface area (Å²) in [5.41, 5.74) is 4.25. The van der Waals surface area contributed by atoms with Crippen molar-refractivity contribution < 1.29 is 9.84 Å². The molecule has 0 bridgehead atoms. The summed E-state index contributed by atoms with van der Waals surface area (Å²) in [5.74, 6) is 0.588. The number of nitrogens with zero attached hydrogens (tertiary/aromatic N) is 1. The molecule has 0 aliphatic heterocycles. The molecular formula is C16H19NO2. The quantitative estimate of drug-likeness (QED) is 0.915. The molecule has 1 atom stereocenters. The van der Waals surface area contributed by atoms with E-state index in [1.807, 2.05) is 38.1 Å². The summed E-state index contributed by atoms with van der Waals surface area (Å²) in [7, 11) is 1.59. The van der Waals surface area contributed by atoms with Crippen molar-refractivity contribution in [1.29, 1.82) is 0 Å². The third-order valence-corrected chi connectivity index (χ3v) is 3.23. The molecule has 0 aliphatic carbocycles. The molecule has 1 N–H and O–H groups in total. The fourth-order valence-corrected chi connectivity index (χ4v) is 2.10. The summed E-state index contributed by atoms with van der Waals surface area (Å²) in [6, 6.07) is 9.88. The first-order chi connectivity index (χ1) is 9.10. The van der Waals surface area contributed by atoms with Crippen LogP contribution in [0.25, 0.3) is 0 Å². The zero-order valence-electron chi connectivity index (χ0n) is 11.6. The van der Waals surface area contributed by atoms with Crippen molar-refractivity contribution >= 4 is 0 Å². The molecule has 3 heteroatoms. The topological polar surface area (TPSA) is 42.4 Å². The van der Waals surface area contributed by atoms with Crippen LogP contribution in [0.4, 0.5) is 0 Å². The highest BCUT2D eigenvalue weighted by molar-refractivity contribution is 5.33. The van der Waals surface area contributed by atoms with Crippen LogP contribution in [0.15, 0.2) is 36.5 Å². The Balaban J connectivity index is 2.15. The SMILES string of the molecule is COc1ccc(CC(O)c2cc(C)ccc2C)cn1. The molecule has 0 saturated heterocycles. The Morgan fingerprint density at radius 3 is 2.63 bits per heavy atom. The second-order valence-electron chi connectivity index (χ2n) is 4.79. The van der Waals surface area contributed by atoms with Gasteiger partial charge < -0.3 is 9.84 Å². The number of methoxy groups -OCH3 is 1. The maximum absolute atomic E-state index is 10.3. The summed E-state index contributed by atoms with van der Waals surface area (Å²) in [6.07, 6.45) is 1.80. The van der Waals surface area contributed by atoms with Crippen LogP contribution in [0.2, 0.25) is 0 Å². The van der Waals surface area contributed by atoms with E-state index in [-0.39, 0.29) is 0 Å². The van der Waals surface area contributed by atoms with Crippen molar-refractivity contribution in [3.05, 3.63) is 58.8 Å². The molecule has 100 valence electrons. The van der Waals surface area contributed by atoms with Gasteiger partial charge in [-0.15, -0.1) is 0 Å². The third-order valence-electron chi connectivity index (χ3n) is 3.23. The lowest BCUT2D eigenvalue weighted by molar-refractivity contribution is 0.177. The van der Waals surface area contributed by atoms with E-state index in [1.165, 1.54) is 0 Å². The fourth-order valence-electron chi connectivity index (χ4n) is 2.10. The Kier molecular flexibility index (Phi) is 4.17. The molecular weight excluding hydrogens is 238 g/mol. The Morgan fingerprint density at radius 2 is 2.00 bits per heavy atom. The van der Waals surface area contributed by atoms with Gasteiger partial charge >= 0.3 is 0 Å². The minimum atomic E-state index is -0.505. The lowest BCUT2D eigenvalue weighted by atomic mass is 9.97. The molecule has 1 aromatic heterocycles. The Bertz CT molecular complexity index is 549. The van der Waals surface area contributed by atoms with Gasteiger partial charge in [-0.05, 0) is 30.5 Å². The lowest BCUT2D eigenvalue weighted by Gasteiger charge is -2.14. The van der Waals surface area contributed by atoms with Crippen LogP contribution in [-0.4, -0.2) is 17.2 Å². The van der Waals surface area contributed by atoms with Crippen LogP contribution in [0.1, 0.15) is 28.4 Å². The second-order valence-corrected chi connectivity index (χ2v) is 4.79. The van der Waals surface area contributed by atoms with Crippen LogP contribution < -0.4 is 4.74 Å². The van der Waals surface area contributed by atoms with Gasteiger partial charge in [0.25, 0.3) is 0 Å². The Morgan fingerprint density at radius 1 is 1.21 bits per heavy atom. The monoisotopic (exact) mass is 257 g/mol. The molecule has 0 radical (unpaired) electrons. The van der Waals surface area contributed by atoms with E-state index in [9.17, 15) is 5.11 Å². The lowest BCUT2D eigenvalue weighted by Crippen LogP contribution is -2.04. The summed E-state index contributed by atoms with van der Waals surface area (Å²) in [6.45, 7) is 4.05. The van der Waals surface area contributed by atoms with Gasteiger partial charge in [0, 0.05) is 18.7 Å². The van der Waals surface area contributed by atoms with Crippen molar-refractivity contribution in [3.63, 3.8) is 0 Å². The van der Waals surface area contributed by atoms with Crippen LogP contribution in [-0.2, 0) is 6.42 Å². The van der Waals surface area contributed by atoms with Gasteiger partial charge in [0.05, 0.1) is 13.2 Å². The number of pyridine rings is 1. The van der Waals surface area contributed by atoms with E-state index in [0.717, 1.165) is 22.3 Å². The van der Waals surface area contributed by atoms with Crippen LogP contribution in [0.5, 0.6) is 5.88 Å². The van der Waals surface area contributed by atoms with E-state index >= 15 is 0 Å². The number of ether oxygens (including phenoxy) is 1. The van der Waals surface area contributed by atoms with Gasteiger partial charge in [0.15, 0.2) is 0 Å². The van der Waals surface area contributed by atoms with Crippen molar-refractivity contribution in [2.75, 3.05) is 7.11 Å². The summed E-state index contributed by atoms with van der Waals surface area (Å²) in [4.78, 5) is 4.15. The number of aliphatic hydroxyl groups excluding tert-OH is 1. The molecule has 3 nitrogen and oxygen atoms in total. The molecule has 2 rings (SSSR count). The van der Waals surface area contributed by atoms with Crippen molar-refractivity contribution in [1.82, 2.24) is 4.98 Å². The van der Waals surface area contributed by atoms with Gasteiger partial charge in [-0.25, -0.2) is 4.98 Å². The number of aliphatic hydroxyl groups is 1. The second kappa shape index (κ2) is 5.85. The molecule has 0 fully saturated rings. The van der Waals surface area contributed by atoms with Gasteiger partial charge in [-0.2, -0.15) is 0 Å². The average molecular weight is 257 g/mol.